The number of carbonyl (C=O) groups excluding carboxylic acids is 2. The van der Waals surface area contributed by atoms with E-state index >= 15 is 0 Å². The van der Waals surface area contributed by atoms with Gasteiger partial charge in [-0.3, -0.25) is 9.59 Å². The van der Waals surface area contributed by atoms with Gasteiger partial charge in [-0.2, -0.15) is 0 Å². The molecule has 1 rings (SSSR count). The van der Waals surface area contributed by atoms with E-state index in [-0.39, 0.29) is 11.6 Å². The van der Waals surface area contributed by atoms with Gasteiger partial charge in [-0.25, -0.2) is 0 Å². The zero-order valence-electron chi connectivity index (χ0n) is 10.0. The Labute approximate surface area is 102 Å². The molecule has 86 valence electrons. The van der Waals surface area contributed by atoms with Crippen molar-refractivity contribution in [1.82, 2.24) is 0 Å². The van der Waals surface area contributed by atoms with Gasteiger partial charge in [-0.15, -0.1) is 0 Å². The smallest absolute Gasteiger partial charge is 0.188 e. The number of ketones is 2. The maximum atomic E-state index is 11.8. The highest BCUT2D eigenvalue weighted by molar-refractivity contribution is 6.11. The zero-order valence-corrected chi connectivity index (χ0v) is 10.0. The van der Waals surface area contributed by atoms with Gasteiger partial charge < -0.3 is 0 Å². The monoisotopic (exact) mass is 226 g/mol. The van der Waals surface area contributed by atoms with Gasteiger partial charge in [0.2, 0.25) is 0 Å². The van der Waals surface area contributed by atoms with Crippen LogP contribution >= 0.6 is 0 Å². The summed E-state index contributed by atoms with van der Waals surface area (Å²) in [5.41, 5.74) is 1.74. The van der Waals surface area contributed by atoms with Gasteiger partial charge in [0.1, 0.15) is 0 Å². The third-order valence-corrected chi connectivity index (χ3v) is 2.20. The molecule has 0 saturated carbocycles. The highest BCUT2D eigenvalue weighted by Gasteiger charge is 2.14. The fourth-order valence-corrected chi connectivity index (χ4v) is 1.25. The van der Waals surface area contributed by atoms with E-state index in [1.54, 1.807) is 38.1 Å². The van der Waals surface area contributed by atoms with Gasteiger partial charge in [0.15, 0.2) is 11.6 Å². The van der Waals surface area contributed by atoms with Crippen molar-refractivity contribution in [3.05, 3.63) is 66.1 Å². The summed E-state index contributed by atoms with van der Waals surface area (Å²) in [6, 6.07) is 6.83. The van der Waals surface area contributed by atoms with Crippen molar-refractivity contribution in [2.75, 3.05) is 0 Å². The highest BCUT2D eigenvalue weighted by atomic mass is 16.1. The van der Waals surface area contributed by atoms with E-state index in [2.05, 4.69) is 19.6 Å². The number of hydrogen-bond acceptors (Lipinski definition) is 2. The summed E-state index contributed by atoms with van der Waals surface area (Å²) in [6.45, 7) is 10.4. The largest absolute Gasteiger partial charge is 0.293 e. The van der Waals surface area contributed by atoms with Crippen molar-refractivity contribution in [3.63, 3.8) is 0 Å². The van der Waals surface area contributed by atoms with Crippen molar-refractivity contribution in [2.45, 2.75) is 13.8 Å². The van der Waals surface area contributed by atoms with Crippen LogP contribution in [-0.2, 0) is 4.79 Å². The summed E-state index contributed by atoms with van der Waals surface area (Å²) in [4.78, 5) is 23.4. The Bertz CT molecular complexity index is 495. The van der Waals surface area contributed by atoms with Crippen LogP contribution in [0.3, 0.4) is 0 Å². The molecule has 0 aliphatic rings. The van der Waals surface area contributed by atoms with Crippen molar-refractivity contribution in [2.24, 2.45) is 0 Å². The summed E-state index contributed by atoms with van der Waals surface area (Å²) in [5, 5.41) is 0. The maximum absolute atomic E-state index is 11.8. The molecule has 2 nitrogen and oxygen atoms in total. The molecule has 0 unspecified atom stereocenters. The molecule has 0 N–H and O–H groups in total. The van der Waals surface area contributed by atoms with Crippen LogP contribution in [0.2, 0.25) is 0 Å². The van der Waals surface area contributed by atoms with E-state index in [0.717, 1.165) is 0 Å². The van der Waals surface area contributed by atoms with Gasteiger partial charge in [0, 0.05) is 5.56 Å². The second-order valence-electron chi connectivity index (χ2n) is 3.89. The number of Topliss-reactive ketones (excluding diaryl/α,β-unsaturated/α-hetero) is 2. The van der Waals surface area contributed by atoms with E-state index in [0.29, 0.717) is 22.3 Å². The SMILES string of the molecule is C=C(C)C(=O)[C]c1ccccc1C(=O)C(=C)C. The summed E-state index contributed by atoms with van der Waals surface area (Å²) in [7, 11) is 0. The topological polar surface area (TPSA) is 34.1 Å². The fraction of sp³-hybridized carbons (Fsp3) is 0.133. The van der Waals surface area contributed by atoms with Crippen LogP contribution in [-0.4, -0.2) is 11.6 Å². The molecular formula is C15H14O2. The molecule has 0 heterocycles. The first-order valence-corrected chi connectivity index (χ1v) is 5.19. The summed E-state index contributed by atoms with van der Waals surface area (Å²) < 4.78 is 0. The van der Waals surface area contributed by atoms with Gasteiger partial charge >= 0.3 is 0 Å². The highest BCUT2D eigenvalue weighted by Crippen LogP contribution is 2.16. The minimum absolute atomic E-state index is 0.178. The quantitative estimate of drug-likeness (QED) is 0.571. The molecule has 0 aliphatic heterocycles. The van der Waals surface area contributed by atoms with Crippen molar-refractivity contribution in [1.29, 1.82) is 0 Å². The Morgan fingerprint density at radius 2 is 1.65 bits per heavy atom. The molecule has 0 fully saturated rings. The second-order valence-corrected chi connectivity index (χ2v) is 3.89. The summed E-state index contributed by atoms with van der Waals surface area (Å²) >= 11 is 0. The first-order valence-electron chi connectivity index (χ1n) is 5.19. The third kappa shape index (κ3) is 3.25. The third-order valence-electron chi connectivity index (χ3n) is 2.20. The lowest BCUT2D eigenvalue weighted by Crippen LogP contribution is -2.08. The lowest BCUT2D eigenvalue weighted by atomic mass is 9.95. The van der Waals surface area contributed by atoms with Crippen LogP contribution in [0, 0.1) is 6.42 Å². The average molecular weight is 226 g/mol. The molecule has 1 aromatic carbocycles. The van der Waals surface area contributed by atoms with Crippen LogP contribution < -0.4 is 0 Å². The van der Waals surface area contributed by atoms with E-state index in [1.807, 2.05) is 0 Å². The lowest BCUT2D eigenvalue weighted by Gasteiger charge is -2.06. The average Bonchev–Trinajstić information content (AvgIpc) is 2.28. The normalized spacial score (nSPS) is 9.76. The number of allylic oxidation sites excluding steroid dienone is 2. The van der Waals surface area contributed by atoms with Crippen molar-refractivity contribution in [3.8, 4) is 0 Å². The van der Waals surface area contributed by atoms with Crippen LogP contribution in [0.15, 0.2) is 48.6 Å². The molecule has 2 heteroatoms. The number of carbonyl (C=O) groups is 2. The van der Waals surface area contributed by atoms with E-state index in [4.69, 9.17) is 0 Å². The van der Waals surface area contributed by atoms with Crippen LogP contribution in [0.25, 0.3) is 0 Å². The molecule has 2 radical (unpaired) electrons. The second kappa shape index (κ2) is 5.39. The summed E-state index contributed by atoms with van der Waals surface area (Å²) in [6.07, 6.45) is 2.65. The van der Waals surface area contributed by atoms with Crippen LogP contribution in [0.1, 0.15) is 29.8 Å². The summed E-state index contributed by atoms with van der Waals surface area (Å²) in [5.74, 6) is -0.477. The molecule has 0 aliphatic carbocycles. The van der Waals surface area contributed by atoms with E-state index < -0.39 is 0 Å². The predicted molar refractivity (Wildman–Crippen MR) is 67.8 cm³/mol. The Hall–Kier alpha value is -1.96. The van der Waals surface area contributed by atoms with E-state index in [9.17, 15) is 9.59 Å². The van der Waals surface area contributed by atoms with E-state index in [1.165, 1.54) is 0 Å². The van der Waals surface area contributed by atoms with Crippen molar-refractivity contribution >= 4 is 11.6 Å². The Morgan fingerprint density at radius 3 is 2.18 bits per heavy atom. The molecule has 0 atom stereocenters. The molecular weight excluding hydrogens is 212 g/mol. The number of rotatable bonds is 5. The molecule has 0 amide bonds. The zero-order chi connectivity index (χ0) is 13.0. The van der Waals surface area contributed by atoms with Gasteiger partial charge in [-0.05, 0) is 30.6 Å². The molecule has 0 spiro atoms. The Morgan fingerprint density at radius 1 is 1.06 bits per heavy atom. The fourth-order valence-electron chi connectivity index (χ4n) is 1.25. The molecule has 0 aromatic heterocycles. The standard InChI is InChI=1S/C15H14O2/c1-10(2)14(16)9-12-7-5-6-8-13(12)15(17)11(3)4/h5-8H,1,3H2,2,4H3. The first-order chi connectivity index (χ1) is 7.93. The van der Waals surface area contributed by atoms with Crippen molar-refractivity contribution < 1.29 is 9.59 Å². The van der Waals surface area contributed by atoms with Gasteiger partial charge in [0.25, 0.3) is 0 Å². The minimum atomic E-state index is -0.299. The van der Waals surface area contributed by atoms with Crippen LogP contribution in [0.5, 0.6) is 0 Å². The molecule has 0 bridgehead atoms. The number of benzene rings is 1. The van der Waals surface area contributed by atoms with Gasteiger partial charge in [-0.1, -0.05) is 37.4 Å². The molecule has 1 aromatic rings. The maximum Gasteiger partial charge on any atom is 0.188 e. The lowest BCUT2D eigenvalue weighted by molar-refractivity contribution is -0.112. The predicted octanol–water partition coefficient (Wildman–Crippen LogP) is 3.02. The Kier molecular flexibility index (Phi) is 4.16. The minimum Gasteiger partial charge on any atom is -0.293 e. The Balaban J connectivity index is 3.08. The molecule has 17 heavy (non-hydrogen) atoms. The van der Waals surface area contributed by atoms with Crippen LogP contribution in [0.4, 0.5) is 0 Å². The molecule has 0 saturated heterocycles. The number of hydrogen-bond donors (Lipinski definition) is 0. The first kappa shape index (κ1) is 13.1. The van der Waals surface area contributed by atoms with Gasteiger partial charge in [0.05, 0.1) is 6.42 Å².